The summed E-state index contributed by atoms with van der Waals surface area (Å²) in [6, 6.07) is 7.01. The molecule has 1 aromatic rings. The van der Waals surface area contributed by atoms with Gasteiger partial charge in [-0.25, -0.2) is 0 Å². The topological polar surface area (TPSA) is 29.4 Å². The lowest BCUT2D eigenvalue weighted by Crippen LogP contribution is -2.16. The summed E-state index contributed by atoms with van der Waals surface area (Å²) in [7, 11) is -1.31. The van der Waals surface area contributed by atoms with Crippen LogP contribution in [0.3, 0.4) is 0 Å². The van der Waals surface area contributed by atoms with E-state index in [1.54, 1.807) is 12.1 Å². The van der Waals surface area contributed by atoms with Crippen LogP contribution >= 0.6 is 0 Å². The predicted octanol–water partition coefficient (Wildman–Crippen LogP) is 3.31. The van der Waals surface area contributed by atoms with E-state index >= 15 is 0 Å². The maximum absolute atomic E-state index is 10.2. The van der Waals surface area contributed by atoms with Crippen LogP contribution < -0.4 is 0 Å². The molecule has 0 aliphatic carbocycles. The highest BCUT2D eigenvalue weighted by Crippen LogP contribution is 2.11. The van der Waals surface area contributed by atoms with E-state index in [2.05, 4.69) is 36.3 Å². The molecule has 0 aliphatic rings. The summed E-state index contributed by atoms with van der Waals surface area (Å²) in [5, 5.41) is 2.83. The molecule has 0 heterocycles. The Morgan fingerprint density at radius 3 is 2.14 bits per heavy atom. The summed E-state index contributed by atoms with van der Waals surface area (Å²) >= 11 is 0. The van der Waals surface area contributed by atoms with Gasteiger partial charge < -0.3 is 0 Å². The minimum atomic E-state index is -1.31. The first kappa shape index (κ1) is 10.7. The zero-order chi connectivity index (χ0) is 10.6. The van der Waals surface area contributed by atoms with Gasteiger partial charge in [-0.15, -0.1) is 10.5 Å². The molecular weight excluding hydrogens is 190 g/mol. The highest BCUT2D eigenvalue weighted by Gasteiger charge is 2.07. The van der Waals surface area contributed by atoms with E-state index in [-0.39, 0.29) is 0 Å². The maximum Gasteiger partial charge on any atom is 0.129 e. The fourth-order valence-electron chi connectivity index (χ4n) is 0.865. The molecule has 0 aliphatic heterocycles. The smallest absolute Gasteiger partial charge is 0.129 e. The van der Waals surface area contributed by atoms with Gasteiger partial charge in [0.1, 0.15) is 13.8 Å². The Hall–Kier alpha value is -1.40. The average Bonchev–Trinajstić information content (AvgIpc) is 2.14. The highest BCUT2D eigenvalue weighted by molar-refractivity contribution is 6.83. The molecule has 0 atom stereocenters. The quantitative estimate of drug-likeness (QED) is 0.391. The van der Waals surface area contributed by atoms with Crippen molar-refractivity contribution in [2.24, 2.45) is 5.18 Å². The summed E-state index contributed by atoms with van der Waals surface area (Å²) < 4.78 is 0. The third-order valence-corrected chi connectivity index (χ3v) is 2.43. The second-order valence-corrected chi connectivity index (χ2v) is 8.89. The molecule has 0 saturated carbocycles. The van der Waals surface area contributed by atoms with Crippen molar-refractivity contribution in [3.8, 4) is 11.5 Å². The van der Waals surface area contributed by atoms with Gasteiger partial charge in [0, 0.05) is 5.56 Å². The normalized spacial score (nSPS) is 10.2. The van der Waals surface area contributed by atoms with E-state index < -0.39 is 8.07 Å². The molecule has 0 unspecified atom stereocenters. The molecule has 72 valence electrons. The number of nitrogens with zero attached hydrogens (tertiary/aromatic N) is 1. The molecule has 0 radical (unpaired) electrons. The molecule has 0 fully saturated rings. The van der Waals surface area contributed by atoms with Crippen LogP contribution in [0.5, 0.6) is 0 Å². The monoisotopic (exact) mass is 203 g/mol. The lowest BCUT2D eigenvalue weighted by molar-refractivity contribution is 1.49. The van der Waals surface area contributed by atoms with Gasteiger partial charge in [0.05, 0.1) is 0 Å². The summed E-state index contributed by atoms with van der Waals surface area (Å²) in [4.78, 5) is 10.2. The molecule has 1 aromatic carbocycles. The third-order valence-electron chi connectivity index (χ3n) is 1.55. The van der Waals surface area contributed by atoms with Crippen LogP contribution in [0.2, 0.25) is 19.6 Å². The molecule has 0 N–H and O–H groups in total. The van der Waals surface area contributed by atoms with Crippen molar-refractivity contribution < 1.29 is 0 Å². The van der Waals surface area contributed by atoms with Crippen molar-refractivity contribution in [3.05, 3.63) is 34.7 Å². The van der Waals surface area contributed by atoms with Crippen LogP contribution in [0, 0.1) is 16.4 Å². The molecule has 0 amide bonds. The van der Waals surface area contributed by atoms with E-state index in [1.165, 1.54) is 0 Å². The second-order valence-electron chi connectivity index (χ2n) is 4.14. The number of hydrogen-bond donors (Lipinski definition) is 0. The second kappa shape index (κ2) is 4.21. The Bertz CT molecular complexity index is 378. The van der Waals surface area contributed by atoms with E-state index in [1.807, 2.05) is 12.1 Å². The van der Waals surface area contributed by atoms with Gasteiger partial charge in [-0.2, -0.15) is 0 Å². The molecule has 0 bridgehead atoms. The van der Waals surface area contributed by atoms with Crippen LogP contribution in [0.1, 0.15) is 5.56 Å². The Morgan fingerprint density at radius 1 is 1.14 bits per heavy atom. The highest BCUT2D eigenvalue weighted by atomic mass is 28.3. The lowest BCUT2D eigenvalue weighted by Gasteiger charge is -2.03. The minimum absolute atomic E-state index is 0.448. The standard InChI is InChI=1S/C11H13NOSi/c1-14(2,3)9-8-10-4-6-11(12-13)7-5-10/h4-7H,1-3H3. The van der Waals surface area contributed by atoms with Gasteiger partial charge in [0.2, 0.25) is 0 Å². The minimum Gasteiger partial charge on any atom is -0.145 e. The van der Waals surface area contributed by atoms with Crippen LogP contribution in [0.15, 0.2) is 29.4 Å². The van der Waals surface area contributed by atoms with Crippen molar-refractivity contribution in [1.29, 1.82) is 0 Å². The molecule has 0 aromatic heterocycles. The molecular formula is C11H13NOSi. The van der Waals surface area contributed by atoms with Gasteiger partial charge in [0.25, 0.3) is 0 Å². The van der Waals surface area contributed by atoms with Crippen LogP contribution in [-0.4, -0.2) is 8.07 Å². The first-order valence-electron chi connectivity index (χ1n) is 4.48. The summed E-state index contributed by atoms with van der Waals surface area (Å²) in [5.74, 6) is 3.10. The van der Waals surface area contributed by atoms with Gasteiger partial charge >= 0.3 is 0 Å². The Morgan fingerprint density at radius 2 is 1.71 bits per heavy atom. The third kappa shape index (κ3) is 3.54. The predicted molar refractivity (Wildman–Crippen MR) is 62.1 cm³/mol. The average molecular weight is 203 g/mol. The Balaban J connectivity index is 2.87. The number of benzene rings is 1. The largest absolute Gasteiger partial charge is 0.145 e. The van der Waals surface area contributed by atoms with Crippen LogP contribution in [-0.2, 0) is 0 Å². The molecule has 0 spiro atoms. The molecule has 0 saturated heterocycles. The van der Waals surface area contributed by atoms with Crippen LogP contribution in [0.4, 0.5) is 5.69 Å². The van der Waals surface area contributed by atoms with E-state index in [0.29, 0.717) is 5.69 Å². The molecule has 14 heavy (non-hydrogen) atoms. The zero-order valence-electron chi connectivity index (χ0n) is 8.66. The SMILES string of the molecule is C[Si](C)(C)C#Cc1ccc(N=O)cc1. The lowest BCUT2D eigenvalue weighted by atomic mass is 10.2. The van der Waals surface area contributed by atoms with Crippen molar-refractivity contribution >= 4 is 13.8 Å². The number of nitroso groups, excluding NO2 is 1. The van der Waals surface area contributed by atoms with Gasteiger partial charge in [0.15, 0.2) is 0 Å². The molecule has 3 heteroatoms. The first-order chi connectivity index (χ1) is 6.51. The maximum atomic E-state index is 10.2. The zero-order valence-corrected chi connectivity index (χ0v) is 9.66. The van der Waals surface area contributed by atoms with Crippen molar-refractivity contribution in [2.75, 3.05) is 0 Å². The van der Waals surface area contributed by atoms with Crippen molar-refractivity contribution in [2.45, 2.75) is 19.6 Å². The molecule has 2 nitrogen and oxygen atoms in total. The summed E-state index contributed by atoms with van der Waals surface area (Å²) in [6.07, 6.45) is 0. The van der Waals surface area contributed by atoms with Crippen LogP contribution in [0.25, 0.3) is 0 Å². The summed E-state index contributed by atoms with van der Waals surface area (Å²) in [5.41, 5.74) is 4.65. The van der Waals surface area contributed by atoms with Crippen molar-refractivity contribution in [3.63, 3.8) is 0 Å². The number of hydrogen-bond acceptors (Lipinski definition) is 2. The van der Waals surface area contributed by atoms with Gasteiger partial charge in [-0.05, 0) is 29.4 Å². The van der Waals surface area contributed by atoms with E-state index in [9.17, 15) is 4.91 Å². The fraction of sp³-hybridized carbons (Fsp3) is 0.273. The van der Waals surface area contributed by atoms with Gasteiger partial charge in [-0.3, -0.25) is 0 Å². The molecule has 1 rings (SSSR count). The van der Waals surface area contributed by atoms with E-state index in [4.69, 9.17) is 0 Å². The number of rotatable bonds is 1. The van der Waals surface area contributed by atoms with Gasteiger partial charge in [-0.1, -0.05) is 25.6 Å². The summed E-state index contributed by atoms with van der Waals surface area (Å²) in [6.45, 7) is 6.59. The van der Waals surface area contributed by atoms with E-state index in [0.717, 1.165) is 5.56 Å². The first-order valence-corrected chi connectivity index (χ1v) is 7.98. The Labute approximate surface area is 85.3 Å². The van der Waals surface area contributed by atoms with Crippen molar-refractivity contribution in [1.82, 2.24) is 0 Å². The fourth-order valence-corrected chi connectivity index (χ4v) is 1.38. The Kier molecular flexibility index (Phi) is 3.21.